The fraction of sp³-hybridized carbons (Fsp3) is 0.600. The molecule has 21 nitrogen and oxygen atoms in total. The molecule has 0 heterocycles. The Balaban J connectivity index is -0.000000543. The molecule has 0 saturated heterocycles. The molecule has 3 unspecified atom stereocenters. The SMILES string of the molecule is C=C(C)CCOP(=O)(O)OP(=O)(O)O.C=C(C)CCOP(=O)(O)OP(=O)(O)O.C=CC(C)(C)OP(=O)(O)OP(=O)(O)O. The van der Waals surface area contributed by atoms with E-state index in [4.69, 9.17) is 44.0 Å². The van der Waals surface area contributed by atoms with Gasteiger partial charge >= 0.3 is 46.9 Å². The van der Waals surface area contributed by atoms with Crippen molar-refractivity contribution in [1.29, 1.82) is 0 Å². The van der Waals surface area contributed by atoms with Crippen LogP contribution in [0.15, 0.2) is 37.0 Å². The molecule has 0 aliphatic rings. The van der Waals surface area contributed by atoms with Crippen molar-refractivity contribution in [1.82, 2.24) is 0 Å². The summed E-state index contributed by atoms with van der Waals surface area (Å²) in [4.78, 5) is 75.8. The predicted octanol–water partition coefficient (Wildman–Crippen LogP) is 3.54. The molecular weight excluding hydrogens is 702 g/mol. The molecule has 0 radical (unpaired) electrons. The molecule has 0 aromatic carbocycles. The Morgan fingerprint density at radius 2 is 0.881 bits per heavy atom. The molecule has 252 valence electrons. The zero-order chi connectivity index (χ0) is 34.4. The minimum atomic E-state index is -5.06. The maximum Gasteiger partial charge on any atom is 0.481 e. The summed E-state index contributed by atoms with van der Waals surface area (Å²) >= 11 is 0. The second kappa shape index (κ2) is 18.8. The molecule has 3 atom stereocenters. The third-order valence-corrected chi connectivity index (χ3v) is 9.79. The Labute approximate surface area is 241 Å². The van der Waals surface area contributed by atoms with Gasteiger partial charge in [-0.2, -0.15) is 12.9 Å². The zero-order valence-electron chi connectivity index (χ0n) is 22.6. The summed E-state index contributed by atoms with van der Waals surface area (Å²) in [6, 6.07) is 0. The van der Waals surface area contributed by atoms with Gasteiger partial charge < -0.3 is 44.0 Å². The van der Waals surface area contributed by atoms with Crippen LogP contribution in [-0.2, 0) is 53.9 Å². The molecule has 9 N–H and O–H groups in total. The largest absolute Gasteiger partial charge is 0.481 e. The topological polar surface area (TPSA) is 340 Å². The number of rotatable bonds is 17. The molecule has 0 fully saturated rings. The van der Waals surface area contributed by atoms with E-state index < -0.39 is 52.5 Å². The third-order valence-electron chi connectivity index (χ3n) is 3.04. The monoisotopic (exact) mass is 738 g/mol. The van der Waals surface area contributed by atoms with Gasteiger partial charge in [0.2, 0.25) is 0 Å². The van der Waals surface area contributed by atoms with Crippen LogP contribution < -0.4 is 0 Å². The molecule has 0 saturated carbocycles. The molecule has 0 aromatic rings. The molecule has 0 amide bonds. The van der Waals surface area contributed by atoms with E-state index in [9.17, 15) is 27.4 Å². The fourth-order valence-corrected chi connectivity index (χ4v) is 6.52. The molecule has 0 bridgehead atoms. The lowest BCUT2D eigenvalue weighted by Crippen LogP contribution is -2.19. The quantitative estimate of drug-likeness (QED) is 0.0761. The van der Waals surface area contributed by atoms with Crippen molar-refractivity contribution in [2.24, 2.45) is 0 Å². The van der Waals surface area contributed by atoms with Crippen LogP contribution in [0.1, 0.15) is 40.5 Å². The molecule has 0 aromatic heterocycles. The molecule has 27 heteroatoms. The van der Waals surface area contributed by atoms with Crippen LogP contribution in [-0.4, -0.2) is 62.9 Å². The van der Waals surface area contributed by atoms with Crippen LogP contribution in [0.25, 0.3) is 0 Å². The van der Waals surface area contributed by atoms with Gasteiger partial charge in [0.15, 0.2) is 0 Å². The summed E-state index contributed by atoms with van der Waals surface area (Å²) in [6.07, 6.45) is 1.79. The third kappa shape index (κ3) is 36.2. The van der Waals surface area contributed by atoms with Crippen LogP contribution >= 0.6 is 46.9 Å². The highest BCUT2D eigenvalue weighted by Gasteiger charge is 2.37. The van der Waals surface area contributed by atoms with Gasteiger partial charge in [-0.05, 0) is 40.5 Å². The van der Waals surface area contributed by atoms with Gasteiger partial charge in [-0.1, -0.05) is 17.2 Å². The second-order valence-electron chi connectivity index (χ2n) is 8.10. The van der Waals surface area contributed by atoms with Gasteiger partial charge in [0.1, 0.15) is 0 Å². The highest BCUT2D eigenvalue weighted by atomic mass is 31.3. The summed E-state index contributed by atoms with van der Waals surface area (Å²) in [6.45, 7) is 16.0. The second-order valence-corrected chi connectivity index (χ2v) is 16.5. The minimum Gasteiger partial charge on any atom is -0.302 e. The Morgan fingerprint density at radius 1 is 0.619 bits per heavy atom. The van der Waals surface area contributed by atoms with Crippen molar-refractivity contribution >= 4 is 46.9 Å². The number of hydrogen-bond donors (Lipinski definition) is 9. The average molecular weight is 738 g/mol. The highest BCUT2D eigenvalue weighted by Crippen LogP contribution is 2.60. The summed E-state index contributed by atoms with van der Waals surface area (Å²) in [7, 11) is -29.2. The van der Waals surface area contributed by atoms with Gasteiger partial charge in [-0.25, -0.2) is 27.4 Å². The van der Waals surface area contributed by atoms with Crippen molar-refractivity contribution in [2.75, 3.05) is 13.2 Å². The van der Waals surface area contributed by atoms with Gasteiger partial charge in [0.05, 0.1) is 18.8 Å². The van der Waals surface area contributed by atoms with Crippen molar-refractivity contribution in [3.63, 3.8) is 0 Å². The number of phosphoric acid groups is 6. The van der Waals surface area contributed by atoms with Crippen LogP contribution in [0, 0.1) is 0 Å². The fourth-order valence-electron chi connectivity index (χ4n) is 1.47. The van der Waals surface area contributed by atoms with E-state index in [0.29, 0.717) is 24.0 Å². The summed E-state index contributed by atoms with van der Waals surface area (Å²) < 4.78 is 86.8. The van der Waals surface area contributed by atoms with Crippen molar-refractivity contribution < 1.29 is 97.9 Å². The Morgan fingerprint density at radius 3 is 1.10 bits per heavy atom. The van der Waals surface area contributed by atoms with Crippen molar-refractivity contribution in [2.45, 2.75) is 46.1 Å². The van der Waals surface area contributed by atoms with Crippen LogP contribution in [0.4, 0.5) is 0 Å². The first kappa shape index (κ1) is 46.4. The Bertz CT molecular complexity index is 1120. The van der Waals surface area contributed by atoms with E-state index in [1.807, 2.05) is 0 Å². The van der Waals surface area contributed by atoms with Crippen molar-refractivity contribution in [3.8, 4) is 0 Å². The molecule has 42 heavy (non-hydrogen) atoms. The molecule has 0 aliphatic carbocycles. The van der Waals surface area contributed by atoms with Crippen LogP contribution in [0.3, 0.4) is 0 Å². The maximum absolute atomic E-state index is 11.0. The minimum absolute atomic E-state index is 0.191. The standard InChI is InChI=1S/3C5H12O7P2/c2*1-5(2)3-4-11-14(9,10)12-13(6,7)8;1-4-5(2,3)11-14(9,10)12-13(6,7)8/h2*1,3-4H2,2H3,(H,9,10)(H2,6,7,8);4H,1H2,2-3H3,(H,9,10)(H2,6,7,8). The molecule has 0 rings (SSSR count). The lowest BCUT2D eigenvalue weighted by molar-refractivity contribution is 0.0999. The molecule has 0 spiro atoms. The van der Waals surface area contributed by atoms with Gasteiger partial charge in [-0.15, -0.1) is 19.7 Å². The van der Waals surface area contributed by atoms with E-state index >= 15 is 0 Å². The zero-order valence-corrected chi connectivity index (χ0v) is 28.0. The summed E-state index contributed by atoms with van der Waals surface area (Å²) in [5, 5.41) is 0. The van der Waals surface area contributed by atoms with E-state index in [-0.39, 0.29) is 13.2 Å². The molecule has 0 aliphatic heterocycles. The highest BCUT2D eigenvalue weighted by molar-refractivity contribution is 7.61. The number of hydrogen-bond acceptors (Lipinski definition) is 12. The lowest BCUT2D eigenvalue weighted by Gasteiger charge is -2.23. The van der Waals surface area contributed by atoms with Crippen LogP contribution in [0.5, 0.6) is 0 Å². The summed E-state index contributed by atoms with van der Waals surface area (Å²) in [5.41, 5.74) is 0.196. The Kier molecular flexibility index (Phi) is 20.8. The lowest BCUT2D eigenvalue weighted by atomic mass is 10.1. The normalized spacial score (nSPS) is 16.7. The number of phosphoric ester groups is 3. The smallest absolute Gasteiger partial charge is 0.302 e. The Hall–Kier alpha value is -0.000000000000000153. The van der Waals surface area contributed by atoms with Gasteiger partial charge in [-0.3, -0.25) is 13.6 Å². The van der Waals surface area contributed by atoms with Crippen LogP contribution in [0.2, 0.25) is 0 Å². The van der Waals surface area contributed by atoms with Gasteiger partial charge in [0.25, 0.3) is 0 Å². The first-order valence-corrected chi connectivity index (χ1v) is 19.5. The first-order chi connectivity index (χ1) is 18.2. The first-order valence-electron chi connectivity index (χ1n) is 10.4. The average Bonchev–Trinajstić information content (AvgIpc) is 2.61. The van der Waals surface area contributed by atoms with E-state index in [1.165, 1.54) is 19.9 Å². The summed E-state index contributed by atoms with van der Waals surface area (Å²) in [5.74, 6) is 0. The van der Waals surface area contributed by atoms with Gasteiger partial charge in [0, 0.05) is 0 Å². The van der Waals surface area contributed by atoms with E-state index in [0.717, 1.165) is 0 Å². The van der Waals surface area contributed by atoms with Crippen molar-refractivity contribution in [3.05, 3.63) is 37.0 Å². The molecular formula is C15H36O21P6. The maximum atomic E-state index is 11.0. The van der Waals surface area contributed by atoms with E-state index in [2.05, 4.69) is 46.2 Å². The predicted molar refractivity (Wildman–Crippen MR) is 145 cm³/mol. The van der Waals surface area contributed by atoms with E-state index in [1.54, 1.807) is 13.8 Å².